The molecule has 0 atom stereocenters. The molecule has 0 spiro atoms. The number of carbonyl (C=O) groups excluding carboxylic acids is 1. The maximum absolute atomic E-state index is 12.0. The quantitative estimate of drug-likeness (QED) is 0.300. The summed E-state index contributed by atoms with van der Waals surface area (Å²) in [6, 6.07) is 22.0. The first-order valence-corrected chi connectivity index (χ1v) is 8.11. The van der Waals surface area contributed by atoms with Crippen LogP contribution in [-0.4, -0.2) is 23.3 Å². The Balaban J connectivity index is 1.59. The summed E-state index contributed by atoms with van der Waals surface area (Å²) in [6.45, 7) is 0. The van der Waals surface area contributed by atoms with Crippen molar-refractivity contribution in [3.63, 3.8) is 0 Å². The lowest BCUT2D eigenvalue weighted by atomic mass is 10.2. The summed E-state index contributed by atoms with van der Waals surface area (Å²) >= 11 is 0. The maximum atomic E-state index is 12.0. The maximum Gasteiger partial charge on any atom is 0.343 e. The van der Waals surface area contributed by atoms with Gasteiger partial charge in [0.25, 0.3) is 0 Å². The van der Waals surface area contributed by atoms with Crippen LogP contribution in [0.5, 0.6) is 5.75 Å². The summed E-state index contributed by atoms with van der Waals surface area (Å²) in [7, 11) is 0. The van der Waals surface area contributed by atoms with E-state index in [1.807, 2.05) is 6.07 Å². The number of carboxylic acid groups (broad SMARTS) is 1. The van der Waals surface area contributed by atoms with Gasteiger partial charge in [0, 0.05) is 0 Å². The smallest absolute Gasteiger partial charge is 0.343 e. The minimum atomic E-state index is -0.997. The van der Waals surface area contributed by atoms with Crippen molar-refractivity contribution in [3.8, 4) is 5.75 Å². The Labute approximate surface area is 155 Å². The first-order valence-electron chi connectivity index (χ1n) is 8.11. The largest absolute Gasteiger partial charge is 0.478 e. The van der Waals surface area contributed by atoms with Gasteiger partial charge in [-0.1, -0.05) is 24.3 Å². The zero-order chi connectivity index (χ0) is 19.1. The number of esters is 1. The molecule has 134 valence electrons. The van der Waals surface area contributed by atoms with Gasteiger partial charge in [0.1, 0.15) is 5.75 Å². The van der Waals surface area contributed by atoms with Crippen LogP contribution in [0.4, 0.5) is 5.69 Å². The van der Waals surface area contributed by atoms with E-state index in [0.29, 0.717) is 17.0 Å². The van der Waals surface area contributed by atoms with Gasteiger partial charge < -0.3 is 9.84 Å². The van der Waals surface area contributed by atoms with Gasteiger partial charge in [0.2, 0.25) is 0 Å². The lowest BCUT2D eigenvalue weighted by molar-refractivity contribution is 0.0694. The van der Waals surface area contributed by atoms with Crippen molar-refractivity contribution < 1.29 is 19.4 Å². The van der Waals surface area contributed by atoms with Gasteiger partial charge in [-0.2, -0.15) is 5.10 Å². The lowest BCUT2D eigenvalue weighted by Crippen LogP contribution is -2.08. The Bertz CT molecular complexity index is 967. The second-order valence-corrected chi connectivity index (χ2v) is 5.58. The van der Waals surface area contributed by atoms with Gasteiger partial charge in [-0.3, -0.25) is 5.43 Å². The summed E-state index contributed by atoms with van der Waals surface area (Å²) in [5.41, 5.74) is 4.80. The average Bonchev–Trinajstić information content (AvgIpc) is 2.70. The Hall–Kier alpha value is -3.93. The number of benzene rings is 3. The molecule has 6 heteroatoms. The number of carbonyl (C=O) groups is 2. The molecule has 27 heavy (non-hydrogen) atoms. The summed E-state index contributed by atoms with van der Waals surface area (Å²) in [4.78, 5) is 22.9. The fourth-order valence-electron chi connectivity index (χ4n) is 2.27. The molecule has 0 aliphatic heterocycles. The number of nitrogens with zero attached hydrogens (tertiary/aromatic N) is 1. The number of hydrogen-bond donors (Lipinski definition) is 2. The van der Waals surface area contributed by atoms with Gasteiger partial charge in [0.15, 0.2) is 0 Å². The van der Waals surface area contributed by atoms with Crippen LogP contribution in [0.25, 0.3) is 0 Å². The molecule has 0 saturated heterocycles. The molecule has 0 aromatic heterocycles. The topological polar surface area (TPSA) is 88.0 Å². The molecule has 3 aromatic carbocycles. The van der Waals surface area contributed by atoms with Gasteiger partial charge in [0.05, 0.1) is 23.0 Å². The Morgan fingerprint density at radius 2 is 1.59 bits per heavy atom. The first kappa shape index (κ1) is 17.9. The summed E-state index contributed by atoms with van der Waals surface area (Å²) in [5.74, 6) is -0.983. The molecular weight excluding hydrogens is 344 g/mol. The highest BCUT2D eigenvalue weighted by atomic mass is 16.5. The fourth-order valence-corrected chi connectivity index (χ4v) is 2.27. The lowest BCUT2D eigenvalue weighted by Gasteiger charge is -2.04. The van der Waals surface area contributed by atoms with Crippen molar-refractivity contribution in [1.29, 1.82) is 0 Å². The van der Waals surface area contributed by atoms with Crippen molar-refractivity contribution in [1.82, 2.24) is 0 Å². The van der Waals surface area contributed by atoms with Crippen molar-refractivity contribution in [2.24, 2.45) is 5.10 Å². The number of ether oxygens (including phenoxy) is 1. The van der Waals surface area contributed by atoms with Gasteiger partial charge in [-0.05, 0) is 60.2 Å². The van der Waals surface area contributed by atoms with E-state index in [1.54, 1.807) is 66.9 Å². The SMILES string of the molecule is O=C(O)c1cccc(N/N=C/c2ccc(OC(=O)c3ccccc3)cc2)c1. The van der Waals surface area contributed by atoms with Crippen LogP contribution in [0, 0.1) is 0 Å². The number of nitrogens with one attached hydrogen (secondary N) is 1. The molecule has 0 unspecified atom stereocenters. The van der Waals surface area contributed by atoms with E-state index in [4.69, 9.17) is 9.84 Å². The van der Waals surface area contributed by atoms with E-state index in [9.17, 15) is 9.59 Å². The highest BCUT2D eigenvalue weighted by Crippen LogP contribution is 2.14. The zero-order valence-electron chi connectivity index (χ0n) is 14.2. The molecule has 3 rings (SSSR count). The predicted octanol–water partition coefficient (Wildman–Crippen LogP) is 4.05. The van der Waals surface area contributed by atoms with Crippen LogP contribution < -0.4 is 10.2 Å². The number of aromatic carboxylic acids is 1. The Kier molecular flexibility index (Phi) is 5.59. The Morgan fingerprint density at radius 3 is 2.30 bits per heavy atom. The third-order valence-corrected chi connectivity index (χ3v) is 3.62. The number of carboxylic acids is 1. The Morgan fingerprint density at radius 1 is 0.889 bits per heavy atom. The molecule has 3 aromatic rings. The monoisotopic (exact) mass is 360 g/mol. The second-order valence-electron chi connectivity index (χ2n) is 5.58. The summed E-state index contributed by atoms with van der Waals surface area (Å²) < 4.78 is 5.31. The average molecular weight is 360 g/mol. The highest BCUT2D eigenvalue weighted by Gasteiger charge is 2.07. The highest BCUT2D eigenvalue weighted by molar-refractivity contribution is 5.91. The van der Waals surface area contributed by atoms with E-state index < -0.39 is 11.9 Å². The molecule has 0 aliphatic rings. The van der Waals surface area contributed by atoms with Crippen LogP contribution in [0.3, 0.4) is 0 Å². The predicted molar refractivity (Wildman–Crippen MR) is 102 cm³/mol. The molecule has 6 nitrogen and oxygen atoms in total. The molecule has 0 aliphatic carbocycles. The van der Waals surface area contributed by atoms with E-state index in [1.165, 1.54) is 12.1 Å². The molecule has 0 heterocycles. The normalized spacial score (nSPS) is 10.5. The van der Waals surface area contributed by atoms with E-state index in [-0.39, 0.29) is 5.56 Å². The van der Waals surface area contributed by atoms with Crippen molar-refractivity contribution in [2.75, 3.05) is 5.43 Å². The van der Waals surface area contributed by atoms with Crippen molar-refractivity contribution >= 4 is 23.8 Å². The van der Waals surface area contributed by atoms with Gasteiger partial charge >= 0.3 is 11.9 Å². The van der Waals surface area contributed by atoms with Crippen LogP contribution in [-0.2, 0) is 0 Å². The van der Waals surface area contributed by atoms with Crippen LogP contribution in [0.15, 0.2) is 84.0 Å². The molecule has 0 radical (unpaired) electrons. The third kappa shape index (κ3) is 5.02. The number of hydrazone groups is 1. The van der Waals surface area contributed by atoms with Gasteiger partial charge in [-0.25, -0.2) is 9.59 Å². The van der Waals surface area contributed by atoms with Crippen molar-refractivity contribution in [2.45, 2.75) is 0 Å². The van der Waals surface area contributed by atoms with E-state index >= 15 is 0 Å². The van der Waals surface area contributed by atoms with Crippen molar-refractivity contribution in [3.05, 3.63) is 95.6 Å². The van der Waals surface area contributed by atoms with Gasteiger partial charge in [-0.15, -0.1) is 0 Å². The van der Waals surface area contributed by atoms with E-state index in [2.05, 4.69) is 10.5 Å². The van der Waals surface area contributed by atoms with Crippen LogP contribution >= 0.6 is 0 Å². The molecule has 0 fully saturated rings. The fraction of sp³-hybridized carbons (Fsp3) is 0. The van der Waals surface area contributed by atoms with E-state index in [0.717, 1.165) is 5.56 Å². The molecular formula is C21H16N2O4. The molecule has 0 bridgehead atoms. The minimum Gasteiger partial charge on any atom is -0.478 e. The molecule has 2 N–H and O–H groups in total. The summed E-state index contributed by atoms with van der Waals surface area (Å²) in [5, 5.41) is 13.0. The minimum absolute atomic E-state index is 0.180. The third-order valence-electron chi connectivity index (χ3n) is 3.62. The molecule has 0 amide bonds. The van der Waals surface area contributed by atoms with Crippen LogP contribution in [0.1, 0.15) is 26.3 Å². The number of hydrogen-bond acceptors (Lipinski definition) is 5. The summed E-state index contributed by atoms with van der Waals surface area (Å²) in [6.07, 6.45) is 1.58. The molecule has 0 saturated carbocycles. The number of rotatable bonds is 6. The first-order chi connectivity index (χ1) is 13.1. The zero-order valence-corrected chi connectivity index (χ0v) is 14.2. The standard InChI is InChI=1S/C21H16N2O4/c24-20(25)17-7-4-8-18(13-17)23-22-14-15-9-11-19(12-10-15)27-21(26)16-5-2-1-3-6-16/h1-14,23H,(H,24,25)/b22-14+. The van der Waals surface area contributed by atoms with Crippen LogP contribution in [0.2, 0.25) is 0 Å². The second kappa shape index (κ2) is 8.44. The number of anilines is 1.